The Bertz CT molecular complexity index is 1190. The summed E-state index contributed by atoms with van der Waals surface area (Å²) in [4.78, 5) is 35.9. The lowest BCUT2D eigenvalue weighted by Crippen LogP contribution is -2.18. The maximum atomic E-state index is 12.5. The van der Waals surface area contributed by atoms with Crippen molar-refractivity contribution in [1.82, 2.24) is 5.43 Å². The Balaban J connectivity index is 1.70. The number of rotatable bonds is 6. The van der Waals surface area contributed by atoms with Gasteiger partial charge in [0.05, 0.1) is 11.8 Å². The molecule has 0 aliphatic rings. The van der Waals surface area contributed by atoms with Crippen LogP contribution in [0.5, 0.6) is 5.75 Å². The number of benzene rings is 3. The number of nitrogens with one attached hydrogen (secondary N) is 2. The zero-order valence-electron chi connectivity index (χ0n) is 17.4. The lowest BCUT2D eigenvalue weighted by atomic mass is 10.1. The molecule has 3 rings (SSSR count). The van der Waals surface area contributed by atoms with E-state index in [1.165, 1.54) is 13.1 Å². The molecule has 0 radical (unpaired) electrons. The number of aryl methyl sites for hydroxylation is 1. The van der Waals surface area contributed by atoms with Crippen molar-refractivity contribution in [2.24, 2.45) is 5.10 Å². The number of carbonyl (C=O) groups excluding carboxylic acids is 3. The summed E-state index contributed by atoms with van der Waals surface area (Å²) in [6, 6.07) is 18.6. The van der Waals surface area contributed by atoms with Crippen LogP contribution in [-0.2, 0) is 4.79 Å². The maximum Gasteiger partial charge on any atom is 0.343 e. The van der Waals surface area contributed by atoms with Gasteiger partial charge in [-0.25, -0.2) is 10.2 Å². The van der Waals surface area contributed by atoms with Crippen molar-refractivity contribution in [2.75, 3.05) is 5.32 Å². The monoisotopic (exact) mass is 493 g/mol. The molecule has 8 heteroatoms. The van der Waals surface area contributed by atoms with Crippen molar-refractivity contribution >= 4 is 45.6 Å². The fourth-order valence-electron chi connectivity index (χ4n) is 2.78. The molecule has 3 aromatic carbocycles. The molecule has 32 heavy (non-hydrogen) atoms. The number of halogens is 1. The normalized spacial score (nSPS) is 10.6. The van der Waals surface area contributed by atoms with Crippen LogP contribution in [0.3, 0.4) is 0 Å². The standard InChI is InChI=1S/C24H20BrN3O4/c1-15-4-3-5-18(12-15)24(31)32-22-11-8-20(25)13-19(22)14-26-28-23(30)17-6-9-21(10-7-17)27-16(2)29/h3-14H,1-2H3,(H,27,29)(H,28,30)/b26-14-. The summed E-state index contributed by atoms with van der Waals surface area (Å²) in [7, 11) is 0. The molecule has 3 aromatic rings. The Morgan fingerprint density at radius 2 is 1.72 bits per heavy atom. The third-order valence-corrected chi connectivity index (χ3v) is 4.76. The zero-order chi connectivity index (χ0) is 23.1. The molecule has 0 aromatic heterocycles. The summed E-state index contributed by atoms with van der Waals surface area (Å²) < 4.78 is 6.29. The molecule has 0 heterocycles. The highest BCUT2D eigenvalue weighted by Gasteiger charge is 2.12. The van der Waals surface area contributed by atoms with E-state index < -0.39 is 11.9 Å². The molecule has 0 aliphatic heterocycles. The van der Waals surface area contributed by atoms with Gasteiger partial charge in [0.15, 0.2) is 0 Å². The fraction of sp³-hybridized carbons (Fsp3) is 0.0833. The predicted molar refractivity (Wildman–Crippen MR) is 126 cm³/mol. The third kappa shape index (κ3) is 6.36. The number of nitrogens with zero attached hydrogens (tertiary/aromatic N) is 1. The number of hydrazone groups is 1. The van der Waals surface area contributed by atoms with Crippen LogP contribution in [0, 0.1) is 6.92 Å². The minimum atomic E-state index is -0.492. The van der Waals surface area contributed by atoms with Crippen molar-refractivity contribution in [2.45, 2.75) is 13.8 Å². The van der Waals surface area contributed by atoms with Gasteiger partial charge in [0.1, 0.15) is 5.75 Å². The Hall–Kier alpha value is -3.78. The lowest BCUT2D eigenvalue weighted by Gasteiger charge is -2.08. The largest absolute Gasteiger partial charge is 0.422 e. The molecule has 2 amide bonds. The summed E-state index contributed by atoms with van der Waals surface area (Å²) in [5.41, 5.74) is 5.28. The first kappa shape index (κ1) is 22.9. The number of hydrogen-bond donors (Lipinski definition) is 2. The molecule has 2 N–H and O–H groups in total. The van der Waals surface area contributed by atoms with E-state index in [1.807, 2.05) is 13.0 Å². The number of ether oxygens (including phenoxy) is 1. The highest BCUT2D eigenvalue weighted by atomic mass is 79.9. The minimum Gasteiger partial charge on any atom is -0.422 e. The van der Waals surface area contributed by atoms with Gasteiger partial charge >= 0.3 is 5.97 Å². The van der Waals surface area contributed by atoms with E-state index in [-0.39, 0.29) is 5.91 Å². The van der Waals surface area contributed by atoms with Crippen molar-refractivity contribution in [3.8, 4) is 5.75 Å². The van der Waals surface area contributed by atoms with Gasteiger partial charge in [-0.15, -0.1) is 0 Å². The van der Waals surface area contributed by atoms with Gasteiger partial charge in [-0.3, -0.25) is 9.59 Å². The molecular formula is C24H20BrN3O4. The number of hydrogen-bond acceptors (Lipinski definition) is 5. The highest BCUT2D eigenvalue weighted by molar-refractivity contribution is 9.10. The van der Waals surface area contributed by atoms with Crippen LogP contribution in [0.4, 0.5) is 5.69 Å². The smallest absolute Gasteiger partial charge is 0.343 e. The second-order valence-electron chi connectivity index (χ2n) is 6.90. The van der Waals surface area contributed by atoms with Gasteiger partial charge in [0.25, 0.3) is 5.91 Å². The summed E-state index contributed by atoms with van der Waals surface area (Å²) in [5, 5.41) is 6.61. The Labute approximate surface area is 193 Å². The number of esters is 1. The van der Waals surface area contributed by atoms with E-state index in [9.17, 15) is 14.4 Å². The topological polar surface area (TPSA) is 96.9 Å². The predicted octanol–water partition coefficient (Wildman–Crippen LogP) is 4.70. The third-order valence-electron chi connectivity index (χ3n) is 4.27. The van der Waals surface area contributed by atoms with Crippen molar-refractivity contribution in [3.63, 3.8) is 0 Å². The zero-order valence-corrected chi connectivity index (χ0v) is 19.0. The molecule has 7 nitrogen and oxygen atoms in total. The summed E-state index contributed by atoms with van der Waals surface area (Å²) >= 11 is 3.38. The Kier molecular flexibility index (Phi) is 7.51. The molecule has 0 atom stereocenters. The van der Waals surface area contributed by atoms with Gasteiger partial charge < -0.3 is 10.1 Å². The summed E-state index contributed by atoms with van der Waals surface area (Å²) in [6.45, 7) is 3.30. The number of amides is 2. The quantitative estimate of drug-likeness (QED) is 0.225. The number of anilines is 1. The average molecular weight is 494 g/mol. The Morgan fingerprint density at radius 1 is 0.969 bits per heavy atom. The molecule has 0 saturated carbocycles. The molecule has 0 spiro atoms. The van der Waals surface area contributed by atoms with E-state index in [0.717, 1.165) is 10.0 Å². The fourth-order valence-corrected chi connectivity index (χ4v) is 3.16. The van der Waals surface area contributed by atoms with Crippen LogP contribution in [0.15, 0.2) is 76.3 Å². The first-order chi connectivity index (χ1) is 15.3. The van der Waals surface area contributed by atoms with Crippen LogP contribution in [0.1, 0.15) is 38.8 Å². The molecule has 0 aliphatic carbocycles. The molecule has 0 unspecified atom stereocenters. The van der Waals surface area contributed by atoms with E-state index in [2.05, 4.69) is 31.8 Å². The van der Waals surface area contributed by atoms with Crippen LogP contribution in [-0.4, -0.2) is 24.0 Å². The minimum absolute atomic E-state index is 0.195. The van der Waals surface area contributed by atoms with Gasteiger partial charge in [0, 0.05) is 28.2 Å². The SMILES string of the molecule is CC(=O)Nc1ccc(C(=O)N/N=C\c2cc(Br)ccc2OC(=O)c2cccc(C)c2)cc1. The van der Waals surface area contributed by atoms with Gasteiger partial charge in [0.2, 0.25) is 5.91 Å². The van der Waals surface area contributed by atoms with E-state index in [1.54, 1.807) is 60.7 Å². The van der Waals surface area contributed by atoms with Gasteiger partial charge in [-0.2, -0.15) is 5.10 Å². The molecular weight excluding hydrogens is 474 g/mol. The second-order valence-corrected chi connectivity index (χ2v) is 7.81. The first-order valence-corrected chi connectivity index (χ1v) is 10.4. The van der Waals surface area contributed by atoms with Crippen molar-refractivity contribution in [1.29, 1.82) is 0 Å². The highest BCUT2D eigenvalue weighted by Crippen LogP contribution is 2.23. The summed E-state index contributed by atoms with van der Waals surface area (Å²) in [5.74, 6) is -0.810. The lowest BCUT2D eigenvalue weighted by molar-refractivity contribution is -0.114. The van der Waals surface area contributed by atoms with Crippen LogP contribution >= 0.6 is 15.9 Å². The second kappa shape index (κ2) is 10.5. The average Bonchev–Trinajstić information content (AvgIpc) is 2.75. The maximum absolute atomic E-state index is 12.5. The molecule has 0 saturated heterocycles. The van der Waals surface area contributed by atoms with Gasteiger partial charge in [-0.1, -0.05) is 33.6 Å². The number of carbonyl (C=O) groups is 3. The summed E-state index contributed by atoms with van der Waals surface area (Å²) in [6.07, 6.45) is 1.40. The van der Waals surface area contributed by atoms with E-state index in [0.29, 0.717) is 28.1 Å². The van der Waals surface area contributed by atoms with E-state index >= 15 is 0 Å². The first-order valence-electron chi connectivity index (χ1n) is 9.61. The van der Waals surface area contributed by atoms with Gasteiger partial charge in [-0.05, 0) is 61.5 Å². The van der Waals surface area contributed by atoms with Crippen molar-refractivity contribution in [3.05, 3.63) is 93.5 Å². The van der Waals surface area contributed by atoms with Crippen LogP contribution in [0.25, 0.3) is 0 Å². The van der Waals surface area contributed by atoms with Crippen molar-refractivity contribution < 1.29 is 19.1 Å². The van der Waals surface area contributed by atoms with Crippen LogP contribution < -0.4 is 15.5 Å². The Morgan fingerprint density at radius 3 is 2.41 bits per heavy atom. The van der Waals surface area contributed by atoms with Crippen LogP contribution in [0.2, 0.25) is 0 Å². The molecule has 162 valence electrons. The molecule has 0 bridgehead atoms. The molecule has 0 fully saturated rings. The van der Waals surface area contributed by atoms with E-state index in [4.69, 9.17) is 4.74 Å².